The van der Waals surface area contributed by atoms with Gasteiger partial charge in [-0.2, -0.15) is 5.26 Å². The lowest BCUT2D eigenvalue weighted by Crippen LogP contribution is -2.29. The van der Waals surface area contributed by atoms with E-state index >= 15 is 0 Å². The fourth-order valence-electron chi connectivity index (χ4n) is 3.90. The summed E-state index contributed by atoms with van der Waals surface area (Å²) < 4.78 is 13.8. The Hall–Kier alpha value is -4.24. The maximum atomic E-state index is 13.8. The van der Waals surface area contributed by atoms with Gasteiger partial charge < -0.3 is 5.11 Å². The van der Waals surface area contributed by atoms with Gasteiger partial charge in [0, 0.05) is 11.3 Å². The molecule has 1 heterocycles. The lowest BCUT2D eigenvalue weighted by molar-refractivity contribution is -0.132. The summed E-state index contributed by atoms with van der Waals surface area (Å²) in [4.78, 5) is 27.5. The monoisotopic (exact) mass is 426 g/mol. The number of rotatable bonds is 3. The van der Waals surface area contributed by atoms with Crippen LogP contribution in [0, 0.1) is 31.0 Å². The van der Waals surface area contributed by atoms with Gasteiger partial charge in [0.25, 0.3) is 11.7 Å². The number of carbonyl (C=O) groups is 2. The minimum absolute atomic E-state index is 0.0732. The summed E-state index contributed by atoms with van der Waals surface area (Å²) in [6.45, 7) is 3.44. The molecule has 3 aromatic rings. The molecule has 1 atom stereocenters. The Morgan fingerprint density at radius 2 is 1.75 bits per heavy atom. The van der Waals surface area contributed by atoms with Crippen LogP contribution in [0.4, 0.5) is 10.1 Å². The number of aryl methyl sites for hydroxylation is 2. The summed E-state index contributed by atoms with van der Waals surface area (Å²) >= 11 is 0. The topological polar surface area (TPSA) is 81.4 Å². The zero-order valence-electron chi connectivity index (χ0n) is 17.5. The molecule has 0 aromatic heterocycles. The van der Waals surface area contributed by atoms with Crippen LogP contribution >= 0.6 is 0 Å². The van der Waals surface area contributed by atoms with Crippen molar-refractivity contribution in [2.75, 3.05) is 4.90 Å². The quantitative estimate of drug-likeness (QED) is 0.365. The van der Waals surface area contributed by atoms with E-state index in [-0.39, 0.29) is 16.9 Å². The normalized spacial score (nSPS) is 17.4. The molecule has 6 heteroatoms. The molecule has 1 aliphatic heterocycles. The maximum Gasteiger partial charge on any atom is 0.300 e. The largest absolute Gasteiger partial charge is 0.507 e. The molecular formula is C26H19FN2O3. The van der Waals surface area contributed by atoms with Crippen molar-refractivity contribution in [3.63, 3.8) is 0 Å². The molecule has 0 radical (unpaired) electrons. The van der Waals surface area contributed by atoms with Crippen LogP contribution in [-0.2, 0) is 9.59 Å². The van der Waals surface area contributed by atoms with E-state index < -0.39 is 23.5 Å². The van der Waals surface area contributed by atoms with E-state index in [1.165, 1.54) is 23.1 Å². The predicted octanol–water partition coefficient (Wildman–Crippen LogP) is 4.94. The van der Waals surface area contributed by atoms with Gasteiger partial charge in [-0.15, -0.1) is 0 Å². The van der Waals surface area contributed by atoms with Gasteiger partial charge in [-0.25, -0.2) is 4.39 Å². The molecule has 1 aliphatic rings. The van der Waals surface area contributed by atoms with Crippen molar-refractivity contribution in [3.05, 3.63) is 106 Å². The summed E-state index contributed by atoms with van der Waals surface area (Å²) in [7, 11) is 0. The van der Waals surface area contributed by atoms with Gasteiger partial charge in [0.05, 0.1) is 23.2 Å². The fraction of sp³-hybridized carbons (Fsp3) is 0.115. The first-order valence-corrected chi connectivity index (χ1v) is 9.96. The molecule has 158 valence electrons. The minimum atomic E-state index is -0.881. The van der Waals surface area contributed by atoms with Crippen molar-refractivity contribution in [2.45, 2.75) is 19.9 Å². The standard InChI is InChI=1S/C26H19FN2O3/c1-15-4-3-5-18(12-15)23-22(24(30)19-8-11-21(27)16(2)13-19)25(31)26(32)29(23)20-9-6-17(14-28)7-10-20/h3-13,23,30H,1-2H3/b24-22-. The Balaban J connectivity index is 1.95. The number of halogens is 1. The molecule has 1 saturated heterocycles. The second kappa shape index (κ2) is 8.12. The van der Waals surface area contributed by atoms with Gasteiger partial charge in [-0.05, 0) is 67.4 Å². The van der Waals surface area contributed by atoms with Gasteiger partial charge in [0.1, 0.15) is 11.6 Å². The highest BCUT2D eigenvalue weighted by Crippen LogP contribution is 2.42. The van der Waals surface area contributed by atoms with E-state index in [9.17, 15) is 19.1 Å². The van der Waals surface area contributed by atoms with Gasteiger partial charge in [-0.3, -0.25) is 14.5 Å². The summed E-state index contributed by atoms with van der Waals surface area (Å²) in [6, 6.07) is 18.8. The average molecular weight is 426 g/mol. The first kappa shape index (κ1) is 21.0. The molecule has 0 spiro atoms. The molecule has 1 N–H and O–H groups in total. The van der Waals surface area contributed by atoms with Crippen molar-refractivity contribution in [2.24, 2.45) is 0 Å². The van der Waals surface area contributed by atoms with Gasteiger partial charge in [-0.1, -0.05) is 29.8 Å². The van der Waals surface area contributed by atoms with Gasteiger partial charge >= 0.3 is 0 Å². The number of anilines is 1. The molecule has 32 heavy (non-hydrogen) atoms. The van der Waals surface area contributed by atoms with E-state index in [1.807, 2.05) is 31.2 Å². The number of hydrogen-bond donors (Lipinski definition) is 1. The van der Waals surface area contributed by atoms with Crippen LogP contribution in [0.2, 0.25) is 0 Å². The molecule has 1 unspecified atom stereocenters. The molecule has 0 aliphatic carbocycles. The first-order chi connectivity index (χ1) is 15.3. The third-order valence-corrected chi connectivity index (χ3v) is 5.51. The number of Topliss-reactive ketones (excluding diaryl/α,β-unsaturated/α-hetero) is 1. The van der Waals surface area contributed by atoms with Crippen molar-refractivity contribution in [1.82, 2.24) is 0 Å². The van der Waals surface area contributed by atoms with E-state index in [4.69, 9.17) is 5.26 Å². The van der Waals surface area contributed by atoms with Crippen molar-refractivity contribution in [1.29, 1.82) is 5.26 Å². The first-order valence-electron chi connectivity index (χ1n) is 9.96. The number of carbonyl (C=O) groups excluding carboxylic acids is 2. The van der Waals surface area contributed by atoms with Crippen LogP contribution in [0.5, 0.6) is 0 Å². The zero-order chi connectivity index (χ0) is 23.0. The number of ketones is 1. The molecule has 1 amide bonds. The number of hydrogen-bond acceptors (Lipinski definition) is 4. The van der Waals surface area contributed by atoms with Gasteiger partial charge in [0.15, 0.2) is 0 Å². The third kappa shape index (κ3) is 3.54. The Kier molecular flexibility index (Phi) is 5.33. The van der Waals surface area contributed by atoms with Crippen LogP contribution in [0.3, 0.4) is 0 Å². The number of nitrogens with zero attached hydrogens (tertiary/aromatic N) is 2. The Labute approximate surface area is 184 Å². The van der Waals surface area contributed by atoms with Crippen molar-refractivity contribution >= 4 is 23.1 Å². The highest BCUT2D eigenvalue weighted by Gasteiger charge is 2.47. The molecule has 5 nitrogen and oxygen atoms in total. The van der Waals surface area contributed by atoms with Crippen molar-refractivity contribution in [3.8, 4) is 6.07 Å². The lowest BCUT2D eigenvalue weighted by atomic mass is 9.94. The maximum absolute atomic E-state index is 13.8. The molecule has 3 aromatic carbocycles. The molecule has 0 bridgehead atoms. The molecule has 1 fully saturated rings. The average Bonchev–Trinajstić information content (AvgIpc) is 3.06. The smallest absolute Gasteiger partial charge is 0.300 e. The second-order valence-corrected chi connectivity index (χ2v) is 7.71. The zero-order valence-corrected chi connectivity index (χ0v) is 17.5. The number of nitriles is 1. The van der Waals surface area contributed by atoms with Crippen LogP contribution in [0.1, 0.15) is 33.9 Å². The summed E-state index contributed by atoms with van der Waals surface area (Å²) in [6.07, 6.45) is 0. The van der Waals surface area contributed by atoms with E-state index in [0.717, 1.165) is 5.56 Å². The lowest BCUT2D eigenvalue weighted by Gasteiger charge is -2.25. The number of amides is 1. The van der Waals surface area contributed by atoms with Crippen LogP contribution in [0.25, 0.3) is 5.76 Å². The summed E-state index contributed by atoms with van der Waals surface area (Å²) in [5.41, 5.74) is 2.89. The van der Waals surface area contributed by atoms with Gasteiger partial charge in [0.2, 0.25) is 0 Å². The van der Waals surface area contributed by atoms with E-state index in [1.54, 1.807) is 37.3 Å². The highest BCUT2D eigenvalue weighted by molar-refractivity contribution is 6.51. The number of aliphatic hydroxyl groups is 1. The van der Waals surface area contributed by atoms with Crippen LogP contribution in [0.15, 0.2) is 72.3 Å². The van der Waals surface area contributed by atoms with Crippen LogP contribution < -0.4 is 4.90 Å². The molecule has 0 saturated carbocycles. The fourth-order valence-corrected chi connectivity index (χ4v) is 3.90. The SMILES string of the molecule is Cc1cccc(C2/C(=C(/O)c3ccc(F)c(C)c3)C(=O)C(=O)N2c2ccc(C#N)cc2)c1. The highest BCUT2D eigenvalue weighted by atomic mass is 19.1. The minimum Gasteiger partial charge on any atom is -0.507 e. The molecular weight excluding hydrogens is 407 g/mol. The number of aliphatic hydroxyl groups excluding tert-OH is 1. The van der Waals surface area contributed by atoms with Crippen molar-refractivity contribution < 1.29 is 19.1 Å². The summed E-state index contributed by atoms with van der Waals surface area (Å²) in [5.74, 6) is -2.43. The van der Waals surface area contributed by atoms with E-state index in [2.05, 4.69) is 0 Å². The Morgan fingerprint density at radius 1 is 1.03 bits per heavy atom. The Bertz CT molecular complexity index is 1320. The Morgan fingerprint density at radius 3 is 2.38 bits per heavy atom. The number of benzene rings is 3. The second-order valence-electron chi connectivity index (χ2n) is 7.71. The predicted molar refractivity (Wildman–Crippen MR) is 118 cm³/mol. The third-order valence-electron chi connectivity index (χ3n) is 5.51. The van der Waals surface area contributed by atoms with Crippen LogP contribution in [-0.4, -0.2) is 16.8 Å². The molecule has 4 rings (SSSR count). The van der Waals surface area contributed by atoms with E-state index in [0.29, 0.717) is 22.4 Å². The summed E-state index contributed by atoms with van der Waals surface area (Å²) in [5, 5.41) is 20.2.